The van der Waals surface area contributed by atoms with Crippen molar-refractivity contribution in [2.45, 2.75) is 13.0 Å². The molecule has 1 aromatic heterocycles. The minimum absolute atomic E-state index is 0.0430. The number of benzene rings is 2. The zero-order chi connectivity index (χ0) is 23.8. The van der Waals surface area contributed by atoms with Gasteiger partial charge in [-0.15, -0.1) is 0 Å². The molecule has 1 unspecified atom stereocenters. The quantitative estimate of drug-likeness (QED) is 0.620. The average Bonchev–Trinajstić information content (AvgIpc) is 3.24. The minimum Gasteiger partial charge on any atom is -0.493 e. The summed E-state index contributed by atoms with van der Waals surface area (Å²) >= 11 is 0. The number of hydrogen-bond donors (Lipinski definition) is 1. The third kappa shape index (κ3) is 3.43. The molecule has 2 aliphatic rings. The first-order valence-electron chi connectivity index (χ1n) is 11.2. The van der Waals surface area contributed by atoms with E-state index >= 15 is 0 Å². The van der Waals surface area contributed by atoms with Crippen LogP contribution in [0.25, 0.3) is 11.0 Å². The van der Waals surface area contributed by atoms with Crippen LogP contribution in [0.2, 0.25) is 0 Å². The molecule has 1 fully saturated rings. The SMILES string of the molecule is COc1ccc(C2C(C(=O)N3CCOCC3)=C(C)Nc3nc4ccccc4n32)c(OC)c1OC. The molecule has 2 aliphatic heterocycles. The highest BCUT2D eigenvalue weighted by atomic mass is 16.5. The van der Waals surface area contributed by atoms with E-state index in [0.717, 1.165) is 22.3 Å². The Bertz CT molecular complexity index is 1280. The fourth-order valence-corrected chi connectivity index (χ4v) is 4.81. The highest BCUT2D eigenvalue weighted by molar-refractivity contribution is 5.98. The van der Waals surface area contributed by atoms with E-state index in [-0.39, 0.29) is 5.91 Å². The first-order valence-corrected chi connectivity index (χ1v) is 11.2. The van der Waals surface area contributed by atoms with E-state index < -0.39 is 6.04 Å². The Kier molecular flexibility index (Phi) is 5.79. The number of allylic oxidation sites excluding steroid dienone is 1. The van der Waals surface area contributed by atoms with Gasteiger partial charge in [-0.3, -0.25) is 9.36 Å². The molecule has 9 heteroatoms. The van der Waals surface area contributed by atoms with Gasteiger partial charge < -0.3 is 29.2 Å². The molecule has 0 radical (unpaired) electrons. The van der Waals surface area contributed by atoms with Crippen LogP contribution in [0.15, 0.2) is 47.7 Å². The average molecular weight is 465 g/mol. The van der Waals surface area contributed by atoms with E-state index in [1.807, 2.05) is 48.2 Å². The number of morpholine rings is 1. The minimum atomic E-state index is -0.492. The van der Waals surface area contributed by atoms with Gasteiger partial charge >= 0.3 is 0 Å². The summed E-state index contributed by atoms with van der Waals surface area (Å²) in [5.41, 5.74) is 3.90. The number of para-hydroxylation sites is 2. The zero-order valence-electron chi connectivity index (χ0n) is 19.8. The van der Waals surface area contributed by atoms with Gasteiger partial charge in [0, 0.05) is 24.4 Å². The van der Waals surface area contributed by atoms with Crippen LogP contribution in [-0.4, -0.2) is 68.0 Å². The zero-order valence-corrected chi connectivity index (χ0v) is 19.8. The number of carbonyl (C=O) groups is 1. The van der Waals surface area contributed by atoms with Crippen molar-refractivity contribution in [3.63, 3.8) is 0 Å². The van der Waals surface area contributed by atoms with Gasteiger partial charge in [-0.1, -0.05) is 12.1 Å². The molecule has 3 heterocycles. The van der Waals surface area contributed by atoms with Crippen LogP contribution in [0, 0.1) is 0 Å². The summed E-state index contributed by atoms with van der Waals surface area (Å²) in [5.74, 6) is 2.16. The van der Waals surface area contributed by atoms with Gasteiger partial charge in [0.2, 0.25) is 11.7 Å². The molecule has 178 valence electrons. The Balaban J connectivity index is 1.77. The maximum absolute atomic E-state index is 13.9. The first-order chi connectivity index (χ1) is 16.6. The number of carbonyl (C=O) groups excluding carboxylic acids is 1. The molecular weight excluding hydrogens is 436 g/mol. The fraction of sp³-hybridized carbons (Fsp3) is 0.360. The summed E-state index contributed by atoms with van der Waals surface area (Å²) in [6, 6.07) is 11.2. The summed E-state index contributed by atoms with van der Waals surface area (Å²) < 4.78 is 24.5. The van der Waals surface area contributed by atoms with Crippen molar-refractivity contribution >= 4 is 22.9 Å². The largest absolute Gasteiger partial charge is 0.493 e. The van der Waals surface area contributed by atoms with Gasteiger partial charge in [0.1, 0.15) is 0 Å². The molecule has 1 atom stereocenters. The Morgan fingerprint density at radius 2 is 1.76 bits per heavy atom. The second kappa shape index (κ2) is 8.90. The predicted molar refractivity (Wildman–Crippen MR) is 128 cm³/mol. The third-order valence-electron chi connectivity index (χ3n) is 6.39. The maximum Gasteiger partial charge on any atom is 0.254 e. The molecule has 1 N–H and O–H groups in total. The molecule has 34 heavy (non-hydrogen) atoms. The van der Waals surface area contributed by atoms with E-state index in [0.29, 0.717) is 55.1 Å². The van der Waals surface area contributed by atoms with Crippen LogP contribution in [0.4, 0.5) is 5.95 Å². The number of amides is 1. The van der Waals surface area contributed by atoms with Crippen LogP contribution in [0.1, 0.15) is 18.5 Å². The molecule has 0 spiro atoms. The summed E-state index contributed by atoms with van der Waals surface area (Å²) in [7, 11) is 4.75. The van der Waals surface area contributed by atoms with Gasteiger partial charge in [0.25, 0.3) is 5.91 Å². The second-order valence-corrected chi connectivity index (χ2v) is 8.19. The van der Waals surface area contributed by atoms with Crippen LogP contribution in [0.5, 0.6) is 17.2 Å². The summed E-state index contributed by atoms with van der Waals surface area (Å²) in [5, 5.41) is 3.36. The van der Waals surface area contributed by atoms with E-state index in [4.69, 9.17) is 23.9 Å². The standard InChI is InChI=1S/C25H28N4O5/c1-15-20(24(30)28-11-13-34-14-12-28)21(16-9-10-19(31-2)23(33-4)22(16)32-3)29-18-8-6-5-7-17(18)27-25(29)26-15/h5-10,21H,11-14H2,1-4H3,(H,26,27). The number of aromatic nitrogens is 2. The Hall–Kier alpha value is -3.72. The van der Waals surface area contributed by atoms with Gasteiger partial charge in [0.15, 0.2) is 11.5 Å². The molecule has 3 aromatic rings. The molecule has 0 bridgehead atoms. The van der Waals surface area contributed by atoms with Crippen molar-refractivity contribution in [2.75, 3.05) is 52.9 Å². The molecule has 5 rings (SSSR count). The van der Waals surface area contributed by atoms with E-state index in [1.165, 1.54) is 0 Å². The number of hydrogen-bond acceptors (Lipinski definition) is 7. The number of fused-ring (bicyclic) bond motifs is 3. The molecule has 2 aromatic carbocycles. The van der Waals surface area contributed by atoms with Gasteiger partial charge in [0.05, 0.1) is 57.2 Å². The van der Waals surface area contributed by atoms with Crippen molar-refractivity contribution in [3.05, 3.63) is 53.2 Å². The number of ether oxygens (including phenoxy) is 4. The van der Waals surface area contributed by atoms with Crippen molar-refractivity contribution in [1.29, 1.82) is 0 Å². The third-order valence-corrected chi connectivity index (χ3v) is 6.39. The molecule has 9 nitrogen and oxygen atoms in total. The molecule has 0 aliphatic carbocycles. The van der Waals surface area contributed by atoms with E-state index in [1.54, 1.807) is 21.3 Å². The number of nitrogens with one attached hydrogen (secondary N) is 1. The first kappa shape index (κ1) is 22.1. The number of imidazole rings is 1. The highest BCUT2D eigenvalue weighted by Crippen LogP contribution is 2.48. The van der Waals surface area contributed by atoms with Crippen LogP contribution in [0.3, 0.4) is 0 Å². The Labute approximate surface area is 197 Å². The smallest absolute Gasteiger partial charge is 0.254 e. The Morgan fingerprint density at radius 3 is 2.47 bits per heavy atom. The lowest BCUT2D eigenvalue weighted by atomic mass is 9.92. The fourth-order valence-electron chi connectivity index (χ4n) is 4.81. The summed E-state index contributed by atoms with van der Waals surface area (Å²) in [6.45, 7) is 4.05. The molecule has 0 saturated carbocycles. The van der Waals surface area contributed by atoms with Crippen molar-refractivity contribution < 1.29 is 23.7 Å². The number of methoxy groups -OCH3 is 3. The molecular formula is C25H28N4O5. The summed E-state index contributed by atoms with van der Waals surface area (Å²) in [6.07, 6.45) is 0. The predicted octanol–water partition coefficient (Wildman–Crippen LogP) is 3.21. The lowest BCUT2D eigenvalue weighted by molar-refractivity contribution is -0.131. The number of nitrogens with zero attached hydrogens (tertiary/aromatic N) is 3. The lowest BCUT2D eigenvalue weighted by Gasteiger charge is -2.35. The highest BCUT2D eigenvalue weighted by Gasteiger charge is 2.38. The summed E-state index contributed by atoms with van der Waals surface area (Å²) in [4.78, 5) is 20.6. The van der Waals surface area contributed by atoms with Crippen molar-refractivity contribution in [1.82, 2.24) is 14.5 Å². The van der Waals surface area contributed by atoms with Crippen molar-refractivity contribution in [2.24, 2.45) is 0 Å². The lowest BCUT2D eigenvalue weighted by Crippen LogP contribution is -2.44. The van der Waals surface area contributed by atoms with Crippen LogP contribution < -0.4 is 19.5 Å². The maximum atomic E-state index is 13.9. The normalized spacial score (nSPS) is 17.9. The van der Waals surface area contributed by atoms with Gasteiger partial charge in [-0.25, -0.2) is 4.98 Å². The molecule has 1 amide bonds. The Morgan fingerprint density at radius 1 is 1.03 bits per heavy atom. The van der Waals surface area contributed by atoms with Crippen LogP contribution in [-0.2, 0) is 9.53 Å². The number of rotatable bonds is 5. The topological polar surface area (TPSA) is 87.1 Å². The number of anilines is 1. The van der Waals surface area contributed by atoms with Gasteiger partial charge in [-0.2, -0.15) is 0 Å². The molecule has 1 saturated heterocycles. The second-order valence-electron chi connectivity index (χ2n) is 8.19. The van der Waals surface area contributed by atoms with Crippen molar-refractivity contribution in [3.8, 4) is 17.2 Å². The van der Waals surface area contributed by atoms with E-state index in [2.05, 4.69) is 9.88 Å². The van der Waals surface area contributed by atoms with E-state index in [9.17, 15) is 4.79 Å². The van der Waals surface area contributed by atoms with Crippen LogP contribution >= 0.6 is 0 Å². The monoisotopic (exact) mass is 464 g/mol. The van der Waals surface area contributed by atoms with Gasteiger partial charge in [-0.05, 0) is 31.2 Å².